The predicted octanol–water partition coefficient (Wildman–Crippen LogP) is 3.56. The molecule has 1 aliphatic carbocycles. The molecule has 0 bridgehead atoms. The average Bonchev–Trinajstić information content (AvgIpc) is 3.12. The van der Waals surface area contributed by atoms with E-state index in [4.69, 9.17) is 0 Å². The summed E-state index contributed by atoms with van der Waals surface area (Å²) in [6.45, 7) is 1.48. The molecule has 0 saturated heterocycles. The predicted molar refractivity (Wildman–Crippen MR) is 110 cm³/mol. The van der Waals surface area contributed by atoms with Gasteiger partial charge in [-0.15, -0.1) is 0 Å². The zero-order valence-corrected chi connectivity index (χ0v) is 16.0. The van der Waals surface area contributed by atoms with Crippen LogP contribution in [0.25, 0.3) is 0 Å². The molecule has 0 aliphatic heterocycles. The third-order valence-corrected chi connectivity index (χ3v) is 4.90. The Kier molecular flexibility index (Phi) is 5.12. The van der Waals surface area contributed by atoms with Crippen molar-refractivity contribution in [3.05, 3.63) is 81.5 Å². The first-order chi connectivity index (χ1) is 14.0. The number of carbonyl (C=O) groups is 1. The molecule has 4 rings (SSSR count). The van der Waals surface area contributed by atoms with Gasteiger partial charge in [-0.2, -0.15) is 0 Å². The number of rotatable bonds is 5. The monoisotopic (exact) mass is 392 g/mol. The van der Waals surface area contributed by atoms with E-state index in [1.165, 1.54) is 33.9 Å². The van der Waals surface area contributed by atoms with E-state index in [1.54, 1.807) is 19.1 Å². The Balaban J connectivity index is 1.56. The maximum atomic E-state index is 13.5. The molecule has 0 saturated carbocycles. The zero-order chi connectivity index (χ0) is 20.4. The first kappa shape index (κ1) is 18.9. The first-order valence-electron chi connectivity index (χ1n) is 9.51. The van der Waals surface area contributed by atoms with Crippen molar-refractivity contribution in [2.75, 3.05) is 10.6 Å². The van der Waals surface area contributed by atoms with Crippen molar-refractivity contribution < 1.29 is 9.18 Å². The summed E-state index contributed by atoms with van der Waals surface area (Å²) in [7, 11) is 0. The number of anilines is 3. The van der Waals surface area contributed by atoms with Crippen LogP contribution in [0.15, 0.2) is 53.3 Å². The highest BCUT2D eigenvalue weighted by Crippen LogP contribution is 2.25. The van der Waals surface area contributed by atoms with Crippen molar-refractivity contribution in [1.82, 2.24) is 9.55 Å². The second-order valence-corrected chi connectivity index (χ2v) is 7.17. The van der Waals surface area contributed by atoms with E-state index in [0.717, 1.165) is 19.3 Å². The van der Waals surface area contributed by atoms with Crippen LogP contribution in [0.3, 0.4) is 0 Å². The van der Waals surface area contributed by atoms with E-state index in [9.17, 15) is 14.0 Å². The van der Waals surface area contributed by atoms with Gasteiger partial charge in [-0.25, -0.2) is 9.37 Å². The van der Waals surface area contributed by atoms with Crippen LogP contribution in [0.2, 0.25) is 0 Å². The quantitative estimate of drug-likeness (QED) is 0.696. The van der Waals surface area contributed by atoms with Gasteiger partial charge in [0.2, 0.25) is 11.9 Å². The SMILES string of the molecule is Cc1cc(=O)n(CC(=O)Nc2ccc3c(c2)CCC3)c(Nc2cccc(F)c2)n1. The molecule has 0 fully saturated rings. The molecule has 3 aromatic rings. The highest BCUT2D eigenvalue weighted by atomic mass is 19.1. The van der Waals surface area contributed by atoms with E-state index in [1.807, 2.05) is 18.2 Å². The van der Waals surface area contributed by atoms with Gasteiger partial charge in [0.1, 0.15) is 12.4 Å². The number of amides is 1. The summed E-state index contributed by atoms with van der Waals surface area (Å²) in [5, 5.41) is 5.78. The topological polar surface area (TPSA) is 76.0 Å². The molecule has 29 heavy (non-hydrogen) atoms. The van der Waals surface area contributed by atoms with Crippen molar-refractivity contribution in [1.29, 1.82) is 0 Å². The summed E-state index contributed by atoms with van der Waals surface area (Å²) in [5.74, 6) is -0.561. The van der Waals surface area contributed by atoms with Crippen molar-refractivity contribution in [3.8, 4) is 0 Å². The van der Waals surface area contributed by atoms with E-state index in [-0.39, 0.29) is 24.0 Å². The molecule has 6 nitrogen and oxygen atoms in total. The number of hydrogen-bond donors (Lipinski definition) is 2. The van der Waals surface area contributed by atoms with Gasteiger partial charge >= 0.3 is 0 Å². The summed E-state index contributed by atoms with van der Waals surface area (Å²) in [6, 6.07) is 13.1. The van der Waals surface area contributed by atoms with E-state index >= 15 is 0 Å². The van der Waals surface area contributed by atoms with Crippen LogP contribution in [0.5, 0.6) is 0 Å². The average molecular weight is 392 g/mol. The second-order valence-electron chi connectivity index (χ2n) is 7.17. The zero-order valence-electron chi connectivity index (χ0n) is 16.0. The molecule has 7 heteroatoms. The van der Waals surface area contributed by atoms with Crippen LogP contribution in [-0.4, -0.2) is 15.5 Å². The van der Waals surface area contributed by atoms with Crippen LogP contribution >= 0.6 is 0 Å². The lowest BCUT2D eigenvalue weighted by molar-refractivity contribution is -0.116. The maximum Gasteiger partial charge on any atom is 0.255 e. The molecule has 0 unspecified atom stereocenters. The number of carbonyl (C=O) groups excluding carboxylic acids is 1. The van der Waals surface area contributed by atoms with Crippen LogP contribution in [-0.2, 0) is 24.2 Å². The Labute approximate surface area is 167 Å². The van der Waals surface area contributed by atoms with Crippen molar-refractivity contribution in [3.63, 3.8) is 0 Å². The number of benzene rings is 2. The summed E-state index contributed by atoms with van der Waals surface area (Å²) in [5.41, 5.74) is 3.87. The number of nitrogens with one attached hydrogen (secondary N) is 2. The molecular weight excluding hydrogens is 371 g/mol. The maximum absolute atomic E-state index is 13.5. The number of aryl methyl sites for hydroxylation is 3. The number of aromatic nitrogens is 2. The fraction of sp³-hybridized carbons (Fsp3) is 0.227. The van der Waals surface area contributed by atoms with E-state index < -0.39 is 5.82 Å². The fourth-order valence-corrected chi connectivity index (χ4v) is 3.56. The molecule has 2 aromatic carbocycles. The highest BCUT2D eigenvalue weighted by Gasteiger charge is 2.14. The molecule has 2 N–H and O–H groups in total. The normalized spacial score (nSPS) is 12.5. The number of fused-ring (bicyclic) bond motifs is 1. The molecule has 0 spiro atoms. The smallest absolute Gasteiger partial charge is 0.255 e. The second kappa shape index (κ2) is 7.87. The summed E-state index contributed by atoms with van der Waals surface area (Å²) in [6.07, 6.45) is 3.22. The lowest BCUT2D eigenvalue weighted by Crippen LogP contribution is -2.30. The van der Waals surface area contributed by atoms with Gasteiger partial charge in [0.25, 0.3) is 5.56 Å². The third-order valence-electron chi connectivity index (χ3n) is 4.90. The Morgan fingerprint density at radius 1 is 1.10 bits per heavy atom. The van der Waals surface area contributed by atoms with Crippen LogP contribution in [0.1, 0.15) is 23.2 Å². The number of nitrogens with zero attached hydrogens (tertiary/aromatic N) is 2. The summed E-state index contributed by atoms with van der Waals surface area (Å²) in [4.78, 5) is 29.4. The lowest BCUT2D eigenvalue weighted by Gasteiger charge is -2.14. The fourth-order valence-electron chi connectivity index (χ4n) is 3.56. The standard InChI is InChI=1S/C22H21FN4O2/c1-14-10-21(29)27(22(24-14)26-18-7-3-6-17(23)12-18)13-20(28)25-19-9-8-15-4-2-5-16(15)11-19/h3,6-12H,2,4-5,13H2,1H3,(H,24,26)(H,25,28). The number of halogens is 1. The molecule has 1 heterocycles. The molecular formula is C22H21FN4O2. The Morgan fingerprint density at radius 3 is 2.76 bits per heavy atom. The van der Waals surface area contributed by atoms with Gasteiger partial charge in [-0.05, 0) is 67.6 Å². The molecule has 1 aromatic heterocycles. The minimum Gasteiger partial charge on any atom is -0.325 e. The van der Waals surface area contributed by atoms with Gasteiger partial charge in [0.15, 0.2) is 0 Å². The summed E-state index contributed by atoms with van der Waals surface area (Å²) < 4.78 is 14.7. The van der Waals surface area contributed by atoms with E-state index in [0.29, 0.717) is 17.1 Å². The van der Waals surface area contributed by atoms with Gasteiger partial charge < -0.3 is 10.6 Å². The van der Waals surface area contributed by atoms with Crippen LogP contribution in [0, 0.1) is 12.7 Å². The van der Waals surface area contributed by atoms with Crippen LogP contribution < -0.4 is 16.2 Å². The summed E-state index contributed by atoms with van der Waals surface area (Å²) >= 11 is 0. The van der Waals surface area contributed by atoms with Gasteiger partial charge in [0.05, 0.1) is 0 Å². The van der Waals surface area contributed by atoms with Crippen molar-refractivity contribution in [2.24, 2.45) is 0 Å². The van der Waals surface area contributed by atoms with E-state index in [2.05, 4.69) is 15.6 Å². The lowest BCUT2D eigenvalue weighted by atomic mass is 10.1. The number of hydrogen-bond acceptors (Lipinski definition) is 4. The molecule has 148 valence electrons. The van der Waals surface area contributed by atoms with Gasteiger partial charge in [-0.1, -0.05) is 12.1 Å². The Hall–Kier alpha value is -3.48. The van der Waals surface area contributed by atoms with Crippen LogP contribution in [0.4, 0.5) is 21.7 Å². The molecule has 0 atom stereocenters. The molecule has 1 aliphatic rings. The Bertz CT molecular complexity index is 1140. The minimum atomic E-state index is -0.411. The van der Waals surface area contributed by atoms with Crippen molar-refractivity contribution >= 4 is 23.2 Å². The van der Waals surface area contributed by atoms with Crippen molar-refractivity contribution in [2.45, 2.75) is 32.7 Å². The minimum absolute atomic E-state index is 0.185. The Morgan fingerprint density at radius 2 is 1.93 bits per heavy atom. The van der Waals surface area contributed by atoms with Gasteiger partial charge in [-0.3, -0.25) is 14.2 Å². The highest BCUT2D eigenvalue weighted by molar-refractivity contribution is 5.91. The largest absolute Gasteiger partial charge is 0.325 e. The third kappa shape index (κ3) is 4.34. The first-order valence-corrected chi connectivity index (χ1v) is 9.51. The molecule has 1 amide bonds. The van der Waals surface area contributed by atoms with Gasteiger partial charge in [0, 0.05) is 23.1 Å². The molecule has 0 radical (unpaired) electrons.